The van der Waals surface area contributed by atoms with Crippen LogP contribution in [0.4, 0.5) is 0 Å². The second-order valence-electron chi connectivity index (χ2n) is 13.4. The summed E-state index contributed by atoms with van der Waals surface area (Å²) in [5, 5.41) is 0. The molecule has 0 aromatic carbocycles. The first-order valence-corrected chi connectivity index (χ1v) is 19.6. The summed E-state index contributed by atoms with van der Waals surface area (Å²) in [7, 11) is 0. The minimum Gasteiger partial charge on any atom is -0.303 e. The molecule has 0 spiro atoms. The molecule has 0 fully saturated rings. The van der Waals surface area contributed by atoms with Gasteiger partial charge in [-0.25, -0.2) is 0 Å². The SMILES string of the molecule is CCCCCCCCCCCCCCCN(CCCCCCCCCCCC)CCCCCCCCCCCC. The Morgan fingerprint density at radius 1 is 0.200 bits per heavy atom. The molecule has 0 radical (unpaired) electrons. The van der Waals surface area contributed by atoms with Crippen molar-refractivity contribution in [3.8, 4) is 0 Å². The van der Waals surface area contributed by atoms with Crippen molar-refractivity contribution in [2.75, 3.05) is 19.6 Å². The maximum Gasteiger partial charge on any atom is -0.00187 e. The minimum absolute atomic E-state index is 1.37. The van der Waals surface area contributed by atoms with Crippen LogP contribution in [0.5, 0.6) is 0 Å². The summed E-state index contributed by atoms with van der Waals surface area (Å²) in [5.74, 6) is 0. The second-order valence-corrected chi connectivity index (χ2v) is 13.4. The van der Waals surface area contributed by atoms with Crippen LogP contribution >= 0.6 is 0 Å². The fraction of sp³-hybridized carbons (Fsp3) is 1.00. The Bertz CT molecular complexity index is 395. The van der Waals surface area contributed by atoms with E-state index < -0.39 is 0 Å². The summed E-state index contributed by atoms with van der Waals surface area (Å²) < 4.78 is 0. The van der Waals surface area contributed by atoms with Crippen molar-refractivity contribution < 1.29 is 0 Å². The topological polar surface area (TPSA) is 3.24 Å². The molecule has 40 heavy (non-hydrogen) atoms. The molecule has 0 bridgehead atoms. The quantitative estimate of drug-likeness (QED) is 0.0685. The highest BCUT2D eigenvalue weighted by Gasteiger charge is 2.05. The van der Waals surface area contributed by atoms with Crippen molar-refractivity contribution in [2.24, 2.45) is 0 Å². The number of rotatable bonds is 36. The van der Waals surface area contributed by atoms with Crippen LogP contribution in [0.25, 0.3) is 0 Å². The van der Waals surface area contributed by atoms with Crippen molar-refractivity contribution >= 4 is 0 Å². The van der Waals surface area contributed by atoms with Gasteiger partial charge in [0.15, 0.2) is 0 Å². The molecule has 1 heteroatoms. The summed E-state index contributed by atoms with van der Waals surface area (Å²) in [6, 6.07) is 0. The molecule has 0 N–H and O–H groups in total. The van der Waals surface area contributed by atoms with E-state index in [2.05, 4.69) is 25.7 Å². The van der Waals surface area contributed by atoms with Gasteiger partial charge in [-0.2, -0.15) is 0 Å². The minimum atomic E-state index is 1.37. The highest BCUT2D eigenvalue weighted by atomic mass is 15.1. The van der Waals surface area contributed by atoms with E-state index in [1.807, 2.05) is 0 Å². The molecule has 0 aliphatic rings. The van der Waals surface area contributed by atoms with Gasteiger partial charge in [-0.1, -0.05) is 213 Å². The van der Waals surface area contributed by atoms with E-state index >= 15 is 0 Å². The molecule has 0 rings (SSSR count). The first-order valence-electron chi connectivity index (χ1n) is 19.6. The molecule has 0 unspecified atom stereocenters. The van der Waals surface area contributed by atoms with Crippen LogP contribution in [0.2, 0.25) is 0 Å². The van der Waals surface area contributed by atoms with Crippen LogP contribution in [-0.2, 0) is 0 Å². The van der Waals surface area contributed by atoms with Crippen molar-refractivity contribution in [1.82, 2.24) is 4.90 Å². The maximum atomic E-state index is 2.86. The Morgan fingerprint density at radius 2 is 0.350 bits per heavy atom. The summed E-state index contributed by atoms with van der Waals surface area (Å²) in [6.45, 7) is 11.1. The highest BCUT2D eigenvalue weighted by Crippen LogP contribution is 2.15. The van der Waals surface area contributed by atoms with Gasteiger partial charge in [0, 0.05) is 0 Å². The van der Waals surface area contributed by atoms with E-state index in [-0.39, 0.29) is 0 Å². The Morgan fingerprint density at radius 3 is 0.525 bits per heavy atom. The van der Waals surface area contributed by atoms with Gasteiger partial charge in [0.25, 0.3) is 0 Å². The first kappa shape index (κ1) is 40.0. The van der Waals surface area contributed by atoms with Crippen LogP contribution in [0, 0.1) is 0 Å². The lowest BCUT2D eigenvalue weighted by Gasteiger charge is -2.22. The van der Waals surface area contributed by atoms with Gasteiger partial charge in [-0.05, 0) is 38.9 Å². The normalized spacial score (nSPS) is 11.7. The highest BCUT2D eigenvalue weighted by molar-refractivity contribution is 4.61. The molecular weight excluding hydrogens is 482 g/mol. The van der Waals surface area contributed by atoms with Crippen LogP contribution in [0.3, 0.4) is 0 Å². The Kier molecular flexibility index (Phi) is 36.9. The average Bonchev–Trinajstić information content (AvgIpc) is 2.97. The standard InChI is InChI=1S/C39H81N/c1-4-7-10-13-16-19-22-23-24-27-30-33-36-39-40(37-34-31-28-25-20-17-14-11-8-5-2)38-35-32-29-26-21-18-15-12-9-6-3/h4-39H2,1-3H3. The molecular formula is C39H81N. The lowest BCUT2D eigenvalue weighted by atomic mass is 10.0. The monoisotopic (exact) mass is 564 g/mol. The van der Waals surface area contributed by atoms with Gasteiger partial charge in [0.2, 0.25) is 0 Å². The summed E-state index contributed by atoms with van der Waals surface area (Å²) in [6.07, 6.45) is 48.1. The number of nitrogens with zero attached hydrogens (tertiary/aromatic N) is 1. The zero-order chi connectivity index (χ0) is 29.0. The molecule has 0 aliphatic heterocycles. The predicted molar refractivity (Wildman–Crippen MR) is 186 cm³/mol. The van der Waals surface area contributed by atoms with Crippen LogP contribution in [0.15, 0.2) is 0 Å². The van der Waals surface area contributed by atoms with Gasteiger partial charge in [0.05, 0.1) is 0 Å². The van der Waals surface area contributed by atoms with Crippen molar-refractivity contribution in [2.45, 2.75) is 233 Å². The lowest BCUT2D eigenvalue weighted by Crippen LogP contribution is -2.27. The summed E-state index contributed by atoms with van der Waals surface area (Å²) in [5.41, 5.74) is 0. The van der Waals surface area contributed by atoms with E-state index in [9.17, 15) is 0 Å². The Balaban J connectivity index is 3.87. The Hall–Kier alpha value is -0.0400. The molecule has 0 aliphatic carbocycles. The van der Waals surface area contributed by atoms with Crippen LogP contribution < -0.4 is 0 Å². The van der Waals surface area contributed by atoms with Gasteiger partial charge < -0.3 is 4.90 Å². The van der Waals surface area contributed by atoms with Crippen molar-refractivity contribution in [3.05, 3.63) is 0 Å². The van der Waals surface area contributed by atoms with Gasteiger partial charge >= 0.3 is 0 Å². The van der Waals surface area contributed by atoms with Crippen molar-refractivity contribution in [3.63, 3.8) is 0 Å². The average molecular weight is 564 g/mol. The fourth-order valence-corrected chi connectivity index (χ4v) is 6.33. The second kappa shape index (κ2) is 37.0. The fourth-order valence-electron chi connectivity index (χ4n) is 6.33. The van der Waals surface area contributed by atoms with Crippen LogP contribution in [0.1, 0.15) is 233 Å². The van der Waals surface area contributed by atoms with Gasteiger partial charge in [-0.3, -0.25) is 0 Å². The van der Waals surface area contributed by atoms with E-state index in [4.69, 9.17) is 0 Å². The molecule has 0 amide bonds. The van der Waals surface area contributed by atoms with Gasteiger partial charge in [-0.15, -0.1) is 0 Å². The third-order valence-electron chi connectivity index (χ3n) is 9.23. The van der Waals surface area contributed by atoms with Crippen LogP contribution in [-0.4, -0.2) is 24.5 Å². The zero-order valence-corrected chi connectivity index (χ0v) is 28.9. The largest absolute Gasteiger partial charge is 0.303 e. The third kappa shape index (κ3) is 34.2. The van der Waals surface area contributed by atoms with E-state index in [0.29, 0.717) is 0 Å². The van der Waals surface area contributed by atoms with Crippen molar-refractivity contribution in [1.29, 1.82) is 0 Å². The molecule has 0 aromatic rings. The summed E-state index contributed by atoms with van der Waals surface area (Å²) >= 11 is 0. The van der Waals surface area contributed by atoms with E-state index in [1.165, 1.54) is 232 Å². The first-order chi connectivity index (χ1) is 19.8. The number of hydrogen-bond donors (Lipinski definition) is 0. The van der Waals surface area contributed by atoms with E-state index in [0.717, 1.165) is 0 Å². The lowest BCUT2D eigenvalue weighted by molar-refractivity contribution is 0.254. The summed E-state index contributed by atoms with van der Waals surface area (Å²) in [4.78, 5) is 2.86. The molecule has 0 aromatic heterocycles. The molecule has 1 nitrogen and oxygen atoms in total. The van der Waals surface area contributed by atoms with Gasteiger partial charge in [0.1, 0.15) is 0 Å². The number of unbranched alkanes of at least 4 members (excludes halogenated alkanes) is 30. The predicted octanol–water partition coefficient (Wildman–Crippen LogP) is 14.2. The zero-order valence-electron chi connectivity index (χ0n) is 28.9. The molecule has 0 saturated heterocycles. The van der Waals surface area contributed by atoms with E-state index in [1.54, 1.807) is 0 Å². The number of hydrogen-bond acceptors (Lipinski definition) is 1. The Labute approximate surface area is 256 Å². The third-order valence-corrected chi connectivity index (χ3v) is 9.23. The maximum absolute atomic E-state index is 2.86. The molecule has 242 valence electrons. The molecule has 0 atom stereocenters. The smallest absolute Gasteiger partial charge is 0.00187 e. The molecule has 0 saturated carbocycles. The molecule has 0 heterocycles.